The second kappa shape index (κ2) is 11.1. The minimum Gasteiger partial charge on any atom is -0.310 e. The molecule has 0 saturated heterocycles. The van der Waals surface area contributed by atoms with E-state index in [-0.39, 0.29) is 0 Å². The average molecular weight is 563 g/mol. The maximum atomic E-state index is 2.40. The molecule has 0 saturated carbocycles. The van der Waals surface area contributed by atoms with Gasteiger partial charge in [-0.3, -0.25) is 0 Å². The molecule has 44 heavy (non-hydrogen) atoms. The lowest BCUT2D eigenvalue weighted by Gasteiger charge is -2.27. The summed E-state index contributed by atoms with van der Waals surface area (Å²) in [6.45, 7) is 0. The molecular formula is C42H30N2. The smallest absolute Gasteiger partial charge is 0.0562 e. The van der Waals surface area contributed by atoms with Gasteiger partial charge in [-0.25, -0.2) is 0 Å². The van der Waals surface area contributed by atoms with Crippen molar-refractivity contribution in [3.05, 3.63) is 182 Å². The first kappa shape index (κ1) is 25.8. The van der Waals surface area contributed by atoms with Crippen molar-refractivity contribution in [2.75, 3.05) is 4.90 Å². The molecule has 0 radical (unpaired) electrons. The van der Waals surface area contributed by atoms with Crippen molar-refractivity contribution in [1.82, 2.24) is 4.57 Å². The van der Waals surface area contributed by atoms with Crippen LogP contribution in [0.5, 0.6) is 0 Å². The molecule has 0 aliphatic heterocycles. The second-order valence-corrected chi connectivity index (χ2v) is 11.0. The van der Waals surface area contributed by atoms with Crippen molar-refractivity contribution in [3.8, 4) is 27.9 Å². The van der Waals surface area contributed by atoms with E-state index < -0.39 is 0 Å². The maximum Gasteiger partial charge on any atom is 0.0562 e. The van der Waals surface area contributed by atoms with Crippen LogP contribution < -0.4 is 4.90 Å². The molecule has 208 valence electrons. The van der Waals surface area contributed by atoms with Crippen LogP contribution in [0.25, 0.3) is 49.7 Å². The van der Waals surface area contributed by atoms with E-state index in [0.717, 1.165) is 22.7 Å². The fraction of sp³-hybridized carbons (Fsp3) is 0. The minimum atomic E-state index is 1.11. The molecule has 1 heterocycles. The van der Waals surface area contributed by atoms with Crippen LogP contribution in [0.1, 0.15) is 0 Å². The van der Waals surface area contributed by atoms with Gasteiger partial charge in [-0.2, -0.15) is 0 Å². The molecule has 0 bridgehead atoms. The molecule has 2 heteroatoms. The monoisotopic (exact) mass is 562 g/mol. The van der Waals surface area contributed by atoms with Crippen LogP contribution >= 0.6 is 0 Å². The zero-order valence-corrected chi connectivity index (χ0v) is 24.2. The van der Waals surface area contributed by atoms with Crippen LogP contribution in [0.4, 0.5) is 17.1 Å². The van der Waals surface area contributed by atoms with Crippen LogP contribution in [0, 0.1) is 0 Å². The lowest BCUT2D eigenvalue weighted by molar-refractivity contribution is 1.18. The molecule has 0 fully saturated rings. The summed E-state index contributed by atoms with van der Waals surface area (Å²) >= 11 is 0. The maximum absolute atomic E-state index is 2.40. The van der Waals surface area contributed by atoms with Crippen LogP contribution in [-0.4, -0.2) is 4.57 Å². The first-order valence-corrected chi connectivity index (χ1v) is 15.0. The van der Waals surface area contributed by atoms with Crippen LogP contribution in [0.15, 0.2) is 182 Å². The highest BCUT2D eigenvalue weighted by Crippen LogP contribution is 2.44. The molecule has 0 aliphatic rings. The summed E-state index contributed by atoms with van der Waals surface area (Å²) in [4.78, 5) is 2.40. The van der Waals surface area contributed by atoms with Gasteiger partial charge >= 0.3 is 0 Å². The van der Waals surface area contributed by atoms with Crippen molar-refractivity contribution in [2.45, 2.75) is 0 Å². The van der Waals surface area contributed by atoms with Crippen molar-refractivity contribution < 1.29 is 0 Å². The molecule has 8 aromatic rings. The van der Waals surface area contributed by atoms with Crippen LogP contribution in [0.2, 0.25) is 0 Å². The zero-order chi connectivity index (χ0) is 29.3. The van der Waals surface area contributed by atoms with E-state index in [9.17, 15) is 0 Å². The molecule has 0 aliphatic carbocycles. The Bertz CT molecular complexity index is 2100. The largest absolute Gasteiger partial charge is 0.310 e. The molecule has 0 unspecified atom stereocenters. The van der Waals surface area contributed by atoms with Crippen molar-refractivity contribution in [3.63, 3.8) is 0 Å². The summed E-state index contributed by atoms with van der Waals surface area (Å²) < 4.78 is 2.38. The number of anilines is 3. The highest BCUT2D eigenvalue weighted by molar-refractivity contribution is 6.16. The fourth-order valence-electron chi connectivity index (χ4n) is 6.34. The Balaban J connectivity index is 1.35. The predicted molar refractivity (Wildman–Crippen MR) is 186 cm³/mol. The SMILES string of the molecule is c1ccc(-c2ccc(N(c3ccc(-c4ccccc4)cc3)c3cccc4c3c3ccccc3n4-c3ccccc3)cc2)cc1. The van der Waals surface area contributed by atoms with Gasteiger partial charge in [0.15, 0.2) is 0 Å². The number of para-hydroxylation sites is 2. The Kier molecular flexibility index (Phi) is 6.51. The van der Waals surface area contributed by atoms with Gasteiger partial charge in [-0.1, -0.05) is 127 Å². The molecular weight excluding hydrogens is 532 g/mol. The lowest BCUT2D eigenvalue weighted by atomic mass is 10.0. The molecule has 2 nitrogen and oxygen atoms in total. The van der Waals surface area contributed by atoms with E-state index in [2.05, 4.69) is 191 Å². The van der Waals surface area contributed by atoms with E-state index in [4.69, 9.17) is 0 Å². The average Bonchev–Trinajstić information content (AvgIpc) is 3.45. The zero-order valence-electron chi connectivity index (χ0n) is 24.2. The van der Waals surface area contributed by atoms with Gasteiger partial charge in [0.1, 0.15) is 0 Å². The third-order valence-electron chi connectivity index (χ3n) is 8.40. The summed E-state index contributed by atoms with van der Waals surface area (Å²) in [5.41, 5.74) is 11.7. The molecule has 1 aromatic heterocycles. The Labute approximate surface area is 257 Å². The van der Waals surface area contributed by atoms with Gasteiger partial charge < -0.3 is 9.47 Å². The third-order valence-corrected chi connectivity index (χ3v) is 8.40. The van der Waals surface area contributed by atoms with E-state index in [0.29, 0.717) is 0 Å². The van der Waals surface area contributed by atoms with E-state index in [1.165, 1.54) is 44.1 Å². The third kappa shape index (κ3) is 4.54. The fourth-order valence-corrected chi connectivity index (χ4v) is 6.34. The first-order chi connectivity index (χ1) is 21.8. The van der Waals surface area contributed by atoms with E-state index in [1.807, 2.05) is 0 Å². The number of fused-ring (bicyclic) bond motifs is 3. The number of rotatable bonds is 6. The number of hydrogen-bond acceptors (Lipinski definition) is 1. The highest BCUT2D eigenvalue weighted by atomic mass is 15.1. The summed E-state index contributed by atoms with van der Waals surface area (Å²) in [6.07, 6.45) is 0. The quantitative estimate of drug-likeness (QED) is 0.196. The Hall–Kier alpha value is -5.86. The van der Waals surface area contributed by atoms with Gasteiger partial charge in [-0.15, -0.1) is 0 Å². The summed E-state index contributed by atoms with van der Waals surface area (Å²) in [5, 5.41) is 2.46. The molecule has 0 spiro atoms. The van der Waals surface area contributed by atoms with E-state index in [1.54, 1.807) is 0 Å². The standard InChI is InChI=1S/C42H30N2/c1-4-13-31(14-5-1)33-23-27-36(28-24-33)43(37-29-25-34(26-30-37)32-15-6-2-7-16-32)40-21-12-22-41-42(40)38-19-10-11-20-39(38)44(41)35-17-8-3-9-18-35/h1-30H. The summed E-state index contributed by atoms with van der Waals surface area (Å²) in [6, 6.07) is 65.0. The summed E-state index contributed by atoms with van der Waals surface area (Å²) in [5.74, 6) is 0. The number of nitrogens with zero attached hydrogens (tertiary/aromatic N) is 2. The number of benzene rings is 7. The molecule has 8 rings (SSSR count). The predicted octanol–water partition coefficient (Wildman–Crippen LogP) is 11.6. The molecule has 0 N–H and O–H groups in total. The van der Waals surface area contributed by atoms with Crippen LogP contribution in [-0.2, 0) is 0 Å². The second-order valence-electron chi connectivity index (χ2n) is 11.0. The van der Waals surface area contributed by atoms with Gasteiger partial charge in [0.25, 0.3) is 0 Å². The van der Waals surface area contributed by atoms with Gasteiger partial charge in [0.05, 0.1) is 16.7 Å². The van der Waals surface area contributed by atoms with Crippen LogP contribution in [0.3, 0.4) is 0 Å². The number of aromatic nitrogens is 1. The Morgan fingerprint density at radius 1 is 0.341 bits per heavy atom. The minimum absolute atomic E-state index is 1.11. The normalized spacial score (nSPS) is 11.2. The van der Waals surface area contributed by atoms with Crippen molar-refractivity contribution >= 4 is 38.9 Å². The van der Waals surface area contributed by atoms with Crippen molar-refractivity contribution in [2.24, 2.45) is 0 Å². The Morgan fingerprint density at radius 2 is 0.795 bits per heavy atom. The van der Waals surface area contributed by atoms with Crippen molar-refractivity contribution in [1.29, 1.82) is 0 Å². The molecule has 0 atom stereocenters. The molecule has 0 amide bonds. The summed E-state index contributed by atoms with van der Waals surface area (Å²) in [7, 11) is 0. The van der Waals surface area contributed by atoms with Gasteiger partial charge in [-0.05, 0) is 76.9 Å². The number of hydrogen-bond donors (Lipinski definition) is 0. The highest BCUT2D eigenvalue weighted by Gasteiger charge is 2.21. The van der Waals surface area contributed by atoms with Gasteiger partial charge in [0, 0.05) is 27.8 Å². The first-order valence-electron chi connectivity index (χ1n) is 15.0. The van der Waals surface area contributed by atoms with Gasteiger partial charge in [0.2, 0.25) is 0 Å². The lowest BCUT2D eigenvalue weighted by Crippen LogP contribution is -2.10. The molecule has 7 aromatic carbocycles. The topological polar surface area (TPSA) is 8.17 Å². The van der Waals surface area contributed by atoms with E-state index >= 15 is 0 Å². The Morgan fingerprint density at radius 3 is 1.36 bits per heavy atom.